The SMILES string of the molecule is Cc1cc(Br)c(NS(=O)(=O)c2ccc(C)c(N)c2)c(Br)c1. The third kappa shape index (κ3) is 3.59. The highest BCUT2D eigenvalue weighted by atomic mass is 79.9. The van der Waals surface area contributed by atoms with Crippen molar-refractivity contribution in [1.82, 2.24) is 0 Å². The molecule has 0 heterocycles. The topological polar surface area (TPSA) is 72.2 Å². The van der Waals surface area contributed by atoms with Crippen LogP contribution in [0, 0.1) is 13.8 Å². The monoisotopic (exact) mass is 432 g/mol. The molecule has 21 heavy (non-hydrogen) atoms. The van der Waals surface area contributed by atoms with E-state index in [1.54, 1.807) is 6.07 Å². The summed E-state index contributed by atoms with van der Waals surface area (Å²) in [6.07, 6.45) is 0. The molecule has 0 unspecified atom stereocenters. The van der Waals surface area contributed by atoms with Gasteiger partial charge in [-0.2, -0.15) is 0 Å². The summed E-state index contributed by atoms with van der Waals surface area (Å²) >= 11 is 6.74. The quantitative estimate of drug-likeness (QED) is 0.712. The van der Waals surface area contributed by atoms with Gasteiger partial charge in [0.2, 0.25) is 0 Å². The molecule has 3 N–H and O–H groups in total. The van der Waals surface area contributed by atoms with Gasteiger partial charge in [0.1, 0.15) is 0 Å². The number of sulfonamides is 1. The molecule has 4 nitrogen and oxygen atoms in total. The number of hydrogen-bond acceptors (Lipinski definition) is 3. The number of halogens is 2. The van der Waals surface area contributed by atoms with Crippen molar-refractivity contribution in [2.24, 2.45) is 0 Å². The highest BCUT2D eigenvalue weighted by molar-refractivity contribution is 9.11. The molecule has 2 aromatic rings. The highest BCUT2D eigenvalue weighted by Gasteiger charge is 2.18. The van der Waals surface area contributed by atoms with Gasteiger partial charge in [-0.1, -0.05) is 6.07 Å². The van der Waals surface area contributed by atoms with Crippen LogP contribution in [0.5, 0.6) is 0 Å². The molecule has 7 heteroatoms. The van der Waals surface area contributed by atoms with Crippen LogP contribution < -0.4 is 10.5 Å². The van der Waals surface area contributed by atoms with E-state index >= 15 is 0 Å². The number of hydrogen-bond donors (Lipinski definition) is 2. The Morgan fingerprint density at radius 2 is 1.62 bits per heavy atom. The first-order valence-electron chi connectivity index (χ1n) is 6.05. The summed E-state index contributed by atoms with van der Waals surface area (Å²) in [6, 6.07) is 8.35. The minimum Gasteiger partial charge on any atom is -0.398 e. The Labute approximate surface area is 141 Å². The summed E-state index contributed by atoms with van der Waals surface area (Å²) < 4.78 is 28.8. The fourth-order valence-corrected chi connectivity index (χ4v) is 4.79. The number of nitrogens with one attached hydrogen (secondary N) is 1. The van der Waals surface area contributed by atoms with Crippen LogP contribution in [0.2, 0.25) is 0 Å². The minimum absolute atomic E-state index is 0.130. The molecule has 0 aromatic heterocycles. The Morgan fingerprint density at radius 1 is 1.05 bits per heavy atom. The lowest BCUT2D eigenvalue weighted by molar-refractivity contribution is 0.601. The Balaban J connectivity index is 2.44. The van der Waals surface area contributed by atoms with E-state index in [-0.39, 0.29) is 4.90 Å². The Morgan fingerprint density at radius 3 is 2.14 bits per heavy atom. The predicted octanol–water partition coefficient (Wildman–Crippen LogP) is 4.21. The van der Waals surface area contributed by atoms with Gasteiger partial charge < -0.3 is 5.73 Å². The molecule has 0 radical (unpaired) electrons. The van der Waals surface area contributed by atoms with Gasteiger partial charge >= 0.3 is 0 Å². The van der Waals surface area contributed by atoms with Crippen LogP contribution in [-0.2, 0) is 10.0 Å². The standard InChI is InChI=1S/C14H14Br2N2O2S/c1-8-5-11(15)14(12(16)6-8)18-21(19,20)10-4-3-9(2)13(17)7-10/h3-7,18H,17H2,1-2H3. The van der Waals surface area contributed by atoms with Crippen LogP contribution in [0.1, 0.15) is 11.1 Å². The fourth-order valence-electron chi connectivity index (χ4n) is 1.78. The Kier molecular flexibility index (Phi) is 4.65. The van der Waals surface area contributed by atoms with Gasteiger partial charge in [-0.25, -0.2) is 8.42 Å². The molecule has 0 saturated heterocycles. The van der Waals surface area contributed by atoms with E-state index < -0.39 is 10.0 Å². The van der Waals surface area contributed by atoms with Crippen molar-refractivity contribution in [2.45, 2.75) is 18.7 Å². The van der Waals surface area contributed by atoms with Crippen LogP contribution in [0.15, 0.2) is 44.2 Å². The van der Waals surface area contributed by atoms with Crippen LogP contribution >= 0.6 is 31.9 Å². The first-order chi connectivity index (χ1) is 9.70. The molecule has 0 aliphatic rings. The van der Waals surface area contributed by atoms with Gasteiger partial charge in [-0.3, -0.25) is 4.72 Å². The molecule has 0 aliphatic heterocycles. The number of nitrogens with two attached hydrogens (primary N) is 1. The lowest BCUT2D eigenvalue weighted by Crippen LogP contribution is -2.14. The van der Waals surface area contributed by atoms with Crippen molar-refractivity contribution in [2.75, 3.05) is 10.5 Å². The van der Waals surface area contributed by atoms with Crippen molar-refractivity contribution in [1.29, 1.82) is 0 Å². The van der Waals surface area contributed by atoms with Crippen molar-refractivity contribution in [3.05, 3.63) is 50.4 Å². The Hall–Kier alpha value is -1.05. The number of aryl methyl sites for hydroxylation is 2. The second-order valence-electron chi connectivity index (χ2n) is 4.73. The van der Waals surface area contributed by atoms with Crippen molar-refractivity contribution < 1.29 is 8.42 Å². The molecule has 0 fully saturated rings. The molecule has 0 amide bonds. The number of rotatable bonds is 3. The van der Waals surface area contributed by atoms with Gasteiger partial charge in [0, 0.05) is 14.6 Å². The zero-order valence-corrected chi connectivity index (χ0v) is 15.4. The summed E-state index contributed by atoms with van der Waals surface area (Å²) in [7, 11) is -3.70. The average Bonchev–Trinajstić information content (AvgIpc) is 2.37. The van der Waals surface area contributed by atoms with Gasteiger partial charge in [-0.05, 0) is 81.1 Å². The zero-order valence-electron chi connectivity index (χ0n) is 11.4. The molecular formula is C14H14Br2N2O2S. The molecule has 0 bridgehead atoms. The summed E-state index contributed by atoms with van der Waals surface area (Å²) in [5, 5.41) is 0. The maximum atomic E-state index is 12.4. The Bertz CT molecular complexity index is 782. The van der Waals surface area contributed by atoms with Gasteiger partial charge in [0.05, 0.1) is 10.6 Å². The van der Waals surface area contributed by atoms with E-state index in [9.17, 15) is 8.42 Å². The molecular weight excluding hydrogens is 420 g/mol. The first-order valence-corrected chi connectivity index (χ1v) is 9.12. The van der Waals surface area contributed by atoms with Gasteiger partial charge in [0.25, 0.3) is 10.0 Å². The largest absolute Gasteiger partial charge is 0.398 e. The minimum atomic E-state index is -3.70. The molecule has 112 valence electrons. The van der Waals surface area contributed by atoms with Gasteiger partial charge in [-0.15, -0.1) is 0 Å². The fraction of sp³-hybridized carbons (Fsp3) is 0.143. The molecule has 2 rings (SSSR count). The highest BCUT2D eigenvalue weighted by Crippen LogP contribution is 2.34. The van der Waals surface area contributed by atoms with Gasteiger partial charge in [0.15, 0.2) is 0 Å². The molecule has 2 aromatic carbocycles. The van der Waals surface area contributed by atoms with Crippen molar-refractivity contribution in [3.8, 4) is 0 Å². The van der Waals surface area contributed by atoms with Crippen molar-refractivity contribution >= 4 is 53.3 Å². The summed E-state index contributed by atoms with van der Waals surface area (Å²) in [5.41, 5.74) is 8.53. The number of anilines is 2. The maximum absolute atomic E-state index is 12.4. The molecule has 0 spiro atoms. The predicted molar refractivity (Wildman–Crippen MR) is 93.0 cm³/mol. The van der Waals surface area contributed by atoms with Crippen LogP contribution in [0.4, 0.5) is 11.4 Å². The lowest BCUT2D eigenvalue weighted by Gasteiger charge is -2.13. The molecule has 0 atom stereocenters. The van der Waals surface area contributed by atoms with Crippen LogP contribution in [-0.4, -0.2) is 8.42 Å². The molecule has 0 aliphatic carbocycles. The van der Waals surface area contributed by atoms with E-state index in [0.717, 1.165) is 11.1 Å². The second-order valence-corrected chi connectivity index (χ2v) is 8.12. The van der Waals surface area contributed by atoms with E-state index in [1.807, 2.05) is 26.0 Å². The van der Waals surface area contributed by atoms with E-state index in [4.69, 9.17) is 5.73 Å². The smallest absolute Gasteiger partial charge is 0.262 e. The van der Waals surface area contributed by atoms with Crippen molar-refractivity contribution in [3.63, 3.8) is 0 Å². The third-order valence-electron chi connectivity index (χ3n) is 2.98. The first kappa shape index (κ1) is 16.3. The lowest BCUT2D eigenvalue weighted by atomic mass is 10.2. The summed E-state index contributed by atoms with van der Waals surface area (Å²) in [4.78, 5) is 0.130. The normalized spacial score (nSPS) is 11.4. The van der Waals surface area contributed by atoms with E-state index in [1.165, 1.54) is 12.1 Å². The van der Waals surface area contributed by atoms with Crippen LogP contribution in [0.3, 0.4) is 0 Å². The summed E-state index contributed by atoms with van der Waals surface area (Å²) in [5.74, 6) is 0. The zero-order chi connectivity index (χ0) is 15.8. The molecule has 0 saturated carbocycles. The second kappa shape index (κ2) is 5.98. The maximum Gasteiger partial charge on any atom is 0.262 e. The number of benzene rings is 2. The number of nitrogen functional groups attached to an aromatic ring is 1. The summed E-state index contributed by atoms with van der Waals surface area (Å²) in [6.45, 7) is 3.75. The van der Waals surface area contributed by atoms with Crippen LogP contribution in [0.25, 0.3) is 0 Å². The third-order valence-corrected chi connectivity index (χ3v) is 5.58. The van der Waals surface area contributed by atoms with E-state index in [2.05, 4.69) is 36.6 Å². The average molecular weight is 434 g/mol. The van der Waals surface area contributed by atoms with E-state index in [0.29, 0.717) is 20.3 Å².